The number of carbonyl (C=O) groups is 1. The zero-order chi connectivity index (χ0) is 19.7. The van der Waals surface area contributed by atoms with Crippen LogP contribution in [-0.4, -0.2) is 44.4 Å². The van der Waals surface area contributed by atoms with Crippen LogP contribution >= 0.6 is 0 Å². The predicted molar refractivity (Wildman–Crippen MR) is 112 cm³/mol. The lowest BCUT2D eigenvalue weighted by Gasteiger charge is -2.13. The first kappa shape index (κ1) is 24.2. The number of aliphatic hydroxyl groups excluding tert-OH is 1. The predicted octanol–water partition coefficient (Wildman–Crippen LogP) is 3.68. The molecule has 0 aromatic heterocycles. The Morgan fingerprint density at radius 1 is 1.04 bits per heavy atom. The first-order chi connectivity index (χ1) is 13.1. The fourth-order valence-electron chi connectivity index (χ4n) is 3.82. The van der Waals surface area contributed by atoms with Crippen LogP contribution in [0.15, 0.2) is 12.2 Å². The van der Waals surface area contributed by atoms with E-state index in [4.69, 9.17) is 4.74 Å². The van der Waals surface area contributed by atoms with E-state index in [1.165, 1.54) is 70.6 Å². The Hall–Kier alpha value is -0.870. The number of rotatable bonds is 17. The highest BCUT2D eigenvalue weighted by Crippen LogP contribution is 2.23. The van der Waals surface area contributed by atoms with Crippen molar-refractivity contribution in [2.45, 2.75) is 96.0 Å². The normalized spacial score (nSPS) is 17.6. The second kappa shape index (κ2) is 16.1. The van der Waals surface area contributed by atoms with Gasteiger partial charge in [-0.1, -0.05) is 69.9 Å². The standard InChI is InChI=1S/C23H43NO3/c1-24(2)19-22(25)20-27-23(26)18-12-10-8-6-4-3-5-7-9-11-15-21-16-13-14-17-21/h13,16,21-22,25H,3-12,14-15,17-20H2,1-2H3/p+1. The third-order valence-electron chi connectivity index (χ3n) is 5.40. The van der Waals surface area contributed by atoms with Gasteiger partial charge in [0.1, 0.15) is 19.3 Å². The maximum absolute atomic E-state index is 11.6. The smallest absolute Gasteiger partial charge is 0.305 e. The van der Waals surface area contributed by atoms with E-state index in [0.717, 1.165) is 23.7 Å². The Morgan fingerprint density at radius 2 is 1.63 bits per heavy atom. The van der Waals surface area contributed by atoms with Crippen LogP contribution in [0.5, 0.6) is 0 Å². The third kappa shape index (κ3) is 14.8. The van der Waals surface area contributed by atoms with Crippen LogP contribution < -0.4 is 4.90 Å². The Balaban J connectivity index is 1.76. The van der Waals surface area contributed by atoms with Gasteiger partial charge in [0.05, 0.1) is 14.1 Å². The van der Waals surface area contributed by atoms with Gasteiger partial charge in [-0.15, -0.1) is 0 Å². The number of quaternary nitrogens is 1. The van der Waals surface area contributed by atoms with E-state index in [2.05, 4.69) is 12.2 Å². The maximum atomic E-state index is 11.6. The minimum Gasteiger partial charge on any atom is -0.463 e. The van der Waals surface area contributed by atoms with Crippen molar-refractivity contribution >= 4 is 5.97 Å². The van der Waals surface area contributed by atoms with Gasteiger partial charge in [-0.05, 0) is 31.6 Å². The summed E-state index contributed by atoms with van der Waals surface area (Å²) in [5.74, 6) is 0.710. The van der Waals surface area contributed by atoms with E-state index in [1.807, 2.05) is 14.1 Å². The molecule has 158 valence electrons. The van der Waals surface area contributed by atoms with Crippen LogP contribution in [0.3, 0.4) is 0 Å². The molecular formula is C23H44NO3+. The second-order valence-electron chi connectivity index (χ2n) is 8.59. The van der Waals surface area contributed by atoms with Gasteiger partial charge in [0, 0.05) is 6.42 Å². The van der Waals surface area contributed by atoms with Crippen molar-refractivity contribution in [2.24, 2.45) is 5.92 Å². The van der Waals surface area contributed by atoms with Crippen molar-refractivity contribution in [1.29, 1.82) is 0 Å². The van der Waals surface area contributed by atoms with Crippen molar-refractivity contribution in [1.82, 2.24) is 0 Å². The monoisotopic (exact) mass is 382 g/mol. The summed E-state index contributed by atoms with van der Waals surface area (Å²) in [6.07, 6.45) is 21.5. The molecule has 0 aromatic carbocycles. The van der Waals surface area contributed by atoms with Crippen LogP contribution in [0.2, 0.25) is 0 Å². The Kier molecular flexibility index (Phi) is 14.4. The van der Waals surface area contributed by atoms with E-state index >= 15 is 0 Å². The van der Waals surface area contributed by atoms with Gasteiger partial charge in [0.25, 0.3) is 0 Å². The molecule has 0 bridgehead atoms. The summed E-state index contributed by atoms with van der Waals surface area (Å²) in [7, 11) is 3.94. The molecular weight excluding hydrogens is 338 g/mol. The van der Waals surface area contributed by atoms with Gasteiger partial charge in [-0.3, -0.25) is 4.79 Å². The summed E-state index contributed by atoms with van der Waals surface area (Å²) < 4.78 is 5.12. The maximum Gasteiger partial charge on any atom is 0.305 e. The Bertz CT molecular complexity index is 395. The molecule has 0 amide bonds. The molecule has 2 N–H and O–H groups in total. The molecule has 0 spiro atoms. The summed E-state index contributed by atoms with van der Waals surface area (Å²) in [4.78, 5) is 12.8. The van der Waals surface area contributed by atoms with Crippen LogP contribution in [0.4, 0.5) is 0 Å². The largest absolute Gasteiger partial charge is 0.463 e. The van der Waals surface area contributed by atoms with Gasteiger partial charge < -0.3 is 14.7 Å². The third-order valence-corrected chi connectivity index (χ3v) is 5.40. The molecule has 1 aliphatic rings. The van der Waals surface area contributed by atoms with E-state index in [9.17, 15) is 9.90 Å². The van der Waals surface area contributed by atoms with Crippen molar-refractivity contribution < 1.29 is 19.5 Å². The van der Waals surface area contributed by atoms with Gasteiger partial charge >= 0.3 is 5.97 Å². The first-order valence-electron chi connectivity index (χ1n) is 11.4. The number of hydrogen-bond acceptors (Lipinski definition) is 3. The minimum absolute atomic E-state index is 0.126. The first-order valence-corrected chi connectivity index (χ1v) is 11.4. The lowest BCUT2D eigenvalue weighted by atomic mass is 9.99. The lowest BCUT2D eigenvalue weighted by Crippen LogP contribution is -3.07. The van der Waals surface area contributed by atoms with E-state index < -0.39 is 6.10 Å². The topological polar surface area (TPSA) is 51.0 Å². The minimum atomic E-state index is -0.557. The quantitative estimate of drug-likeness (QED) is 0.229. The number of nitrogens with one attached hydrogen (secondary N) is 1. The summed E-state index contributed by atoms with van der Waals surface area (Å²) in [5, 5.41) is 9.68. The number of aliphatic hydroxyl groups is 1. The van der Waals surface area contributed by atoms with Crippen molar-refractivity contribution in [3.63, 3.8) is 0 Å². The summed E-state index contributed by atoms with van der Waals surface area (Å²) in [5.41, 5.74) is 0. The average molecular weight is 383 g/mol. The molecule has 0 fully saturated rings. The lowest BCUT2D eigenvalue weighted by molar-refractivity contribution is -0.861. The molecule has 2 atom stereocenters. The Morgan fingerprint density at radius 3 is 2.19 bits per heavy atom. The molecule has 0 aliphatic heterocycles. The molecule has 4 heteroatoms. The molecule has 1 rings (SSSR count). The van der Waals surface area contributed by atoms with Crippen LogP contribution in [0.25, 0.3) is 0 Å². The molecule has 0 saturated heterocycles. The van der Waals surface area contributed by atoms with Crippen LogP contribution in [-0.2, 0) is 9.53 Å². The number of ether oxygens (including phenoxy) is 1. The zero-order valence-electron chi connectivity index (χ0n) is 17.9. The van der Waals surface area contributed by atoms with Crippen molar-refractivity contribution in [3.05, 3.63) is 12.2 Å². The number of allylic oxidation sites excluding steroid dienone is 2. The molecule has 4 nitrogen and oxygen atoms in total. The molecule has 0 saturated carbocycles. The Labute approximate surface area is 167 Å². The van der Waals surface area contributed by atoms with Crippen molar-refractivity contribution in [2.75, 3.05) is 27.2 Å². The van der Waals surface area contributed by atoms with Gasteiger partial charge in [0.2, 0.25) is 0 Å². The molecule has 1 aliphatic carbocycles. The number of likely N-dealkylation sites (N-methyl/N-ethyl adjacent to an activating group) is 1. The summed E-state index contributed by atoms with van der Waals surface area (Å²) in [6, 6.07) is 0. The summed E-state index contributed by atoms with van der Waals surface area (Å²) >= 11 is 0. The van der Waals surface area contributed by atoms with Crippen molar-refractivity contribution in [3.8, 4) is 0 Å². The second-order valence-corrected chi connectivity index (χ2v) is 8.59. The average Bonchev–Trinajstić information content (AvgIpc) is 3.13. The zero-order valence-corrected chi connectivity index (χ0v) is 17.9. The summed E-state index contributed by atoms with van der Waals surface area (Å²) in [6.45, 7) is 0.729. The van der Waals surface area contributed by atoms with Gasteiger partial charge in [0.15, 0.2) is 0 Å². The van der Waals surface area contributed by atoms with E-state index in [0.29, 0.717) is 13.0 Å². The fraction of sp³-hybridized carbons (Fsp3) is 0.870. The molecule has 0 heterocycles. The molecule has 0 aromatic rings. The number of carbonyl (C=O) groups excluding carboxylic acids is 1. The molecule has 27 heavy (non-hydrogen) atoms. The SMILES string of the molecule is C[NH+](C)CC(O)COC(=O)CCCCCCCCCCCCC1C=CCC1. The number of hydrogen-bond donors (Lipinski definition) is 2. The highest BCUT2D eigenvalue weighted by Gasteiger charge is 2.11. The fourth-order valence-corrected chi connectivity index (χ4v) is 3.82. The molecule has 2 unspecified atom stereocenters. The van der Waals surface area contributed by atoms with Gasteiger partial charge in [-0.25, -0.2) is 0 Å². The molecule has 0 radical (unpaired) electrons. The highest BCUT2D eigenvalue weighted by molar-refractivity contribution is 5.69. The van der Waals surface area contributed by atoms with E-state index in [1.54, 1.807) is 0 Å². The highest BCUT2D eigenvalue weighted by atomic mass is 16.5. The number of esters is 1. The van der Waals surface area contributed by atoms with E-state index in [-0.39, 0.29) is 12.6 Å². The van der Waals surface area contributed by atoms with Gasteiger partial charge in [-0.2, -0.15) is 0 Å². The van der Waals surface area contributed by atoms with Crippen LogP contribution in [0, 0.1) is 5.92 Å². The van der Waals surface area contributed by atoms with Crippen LogP contribution in [0.1, 0.15) is 89.9 Å². The number of unbranched alkanes of at least 4 members (excludes halogenated alkanes) is 9.